The van der Waals surface area contributed by atoms with Crippen molar-refractivity contribution in [3.63, 3.8) is 0 Å². The van der Waals surface area contributed by atoms with Crippen LogP contribution in [0.4, 0.5) is 4.39 Å². The molecule has 7 heteroatoms. The van der Waals surface area contributed by atoms with Gasteiger partial charge in [-0.2, -0.15) is 0 Å². The van der Waals surface area contributed by atoms with Gasteiger partial charge < -0.3 is 9.52 Å². The lowest BCUT2D eigenvalue weighted by Gasteiger charge is -2.15. The monoisotopic (exact) mass is 291 g/mol. The molecule has 0 unspecified atom stereocenters. The van der Waals surface area contributed by atoms with Gasteiger partial charge in [-0.1, -0.05) is 6.08 Å². The molecule has 0 radical (unpaired) electrons. The standard InChI is InChI=1S/C14H14FN3O3/c1-2-7-18(9-13(19)20)8-12-16-17-14(21-12)10-3-5-11(15)6-4-10/h2-6H,1,7-9H2,(H,19,20). The number of aromatic nitrogens is 2. The zero-order valence-corrected chi connectivity index (χ0v) is 11.2. The fourth-order valence-electron chi connectivity index (χ4n) is 1.78. The van der Waals surface area contributed by atoms with Crippen LogP contribution in [-0.2, 0) is 11.3 Å². The lowest BCUT2D eigenvalue weighted by Crippen LogP contribution is -2.29. The van der Waals surface area contributed by atoms with Gasteiger partial charge in [0.15, 0.2) is 0 Å². The van der Waals surface area contributed by atoms with Crippen molar-refractivity contribution in [3.05, 3.63) is 48.6 Å². The highest BCUT2D eigenvalue weighted by Gasteiger charge is 2.14. The summed E-state index contributed by atoms with van der Waals surface area (Å²) < 4.78 is 18.3. The van der Waals surface area contributed by atoms with Crippen LogP contribution in [0.1, 0.15) is 5.89 Å². The first kappa shape index (κ1) is 14.9. The summed E-state index contributed by atoms with van der Waals surface area (Å²) in [6.45, 7) is 4.01. The predicted molar refractivity (Wildman–Crippen MR) is 72.8 cm³/mol. The van der Waals surface area contributed by atoms with Gasteiger partial charge in [0.25, 0.3) is 0 Å². The van der Waals surface area contributed by atoms with E-state index in [0.717, 1.165) is 0 Å². The van der Waals surface area contributed by atoms with Crippen molar-refractivity contribution in [2.24, 2.45) is 0 Å². The number of benzene rings is 1. The van der Waals surface area contributed by atoms with Gasteiger partial charge in [0, 0.05) is 12.1 Å². The van der Waals surface area contributed by atoms with Crippen molar-refractivity contribution in [1.82, 2.24) is 15.1 Å². The Hall–Kier alpha value is -2.54. The Kier molecular flexibility index (Phi) is 4.78. The minimum Gasteiger partial charge on any atom is -0.480 e. The summed E-state index contributed by atoms with van der Waals surface area (Å²) >= 11 is 0. The topological polar surface area (TPSA) is 79.5 Å². The summed E-state index contributed by atoms with van der Waals surface area (Å²) in [5, 5.41) is 16.6. The van der Waals surface area contributed by atoms with Crippen molar-refractivity contribution in [2.75, 3.05) is 13.1 Å². The number of rotatable bonds is 7. The molecule has 2 aromatic rings. The maximum atomic E-state index is 12.8. The van der Waals surface area contributed by atoms with E-state index >= 15 is 0 Å². The van der Waals surface area contributed by atoms with Crippen molar-refractivity contribution < 1.29 is 18.7 Å². The van der Waals surface area contributed by atoms with Crippen molar-refractivity contribution in [1.29, 1.82) is 0 Å². The van der Waals surface area contributed by atoms with E-state index in [1.165, 1.54) is 24.3 Å². The second-order valence-electron chi connectivity index (χ2n) is 4.36. The molecule has 1 heterocycles. The Labute approximate surface area is 120 Å². The highest BCUT2D eigenvalue weighted by molar-refractivity contribution is 5.69. The average molecular weight is 291 g/mol. The second-order valence-corrected chi connectivity index (χ2v) is 4.36. The third kappa shape index (κ3) is 4.22. The molecule has 0 saturated heterocycles. The molecule has 1 aromatic carbocycles. The fraction of sp³-hybridized carbons (Fsp3) is 0.214. The highest BCUT2D eigenvalue weighted by atomic mass is 19.1. The van der Waals surface area contributed by atoms with Gasteiger partial charge in [0.1, 0.15) is 5.82 Å². The van der Waals surface area contributed by atoms with Crippen molar-refractivity contribution >= 4 is 5.97 Å². The molecule has 0 aliphatic rings. The van der Waals surface area contributed by atoms with Gasteiger partial charge in [-0.05, 0) is 24.3 Å². The fourth-order valence-corrected chi connectivity index (χ4v) is 1.78. The second kappa shape index (κ2) is 6.76. The smallest absolute Gasteiger partial charge is 0.317 e. The van der Waals surface area contributed by atoms with Crippen LogP contribution in [0, 0.1) is 5.82 Å². The van der Waals surface area contributed by atoms with Crippen molar-refractivity contribution in [2.45, 2.75) is 6.54 Å². The molecule has 1 aromatic heterocycles. The molecule has 0 atom stereocenters. The number of hydrogen-bond acceptors (Lipinski definition) is 5. The van der Waals surface area contributed by atoms with Gasteiger partial charge in [0.2, 0.25) is 11.8 Å². The van der Waals surface area contributed by atoms with Crippen LogP contribution >= 0.6 is 0 Å². The van der Waals surface area contributed by atoms with Gasteiger partial charge in [-0.15, -0.1) is 16.8 Å². The lowest BCUT2D eigenvalue weighted by atomic mass is 10.2. The Morgan fingerprint density at radius 1 is 1.38 bits per heavy atom. The van der Waals surface area contributed by atoms with E-state index in [0.29, 0.717) is 12.1 Å². The Balaban J connectivity index is 2.09. The first-order valence-corrected chi connectivity index (χ1v) is 6.22. The molecule has 0 spiro atoms. The van der Waals surface area contributed by atoms with E-state index in [9.17, 15) is 9.18 Å². The van der Waals surface area contributed by atoms with E-state index < -0.39 is 5.97 Å². The normalized spacial score (nSPS) is 10.8. The van der Waals surface area contributed by atoms with Crippen LogP contribution in [0.3, 0.4) is 0 Å². The quantitative estimate of drug-likeness (QED) is 0.785. The predicted octanol–water partition coefficient (Wildman–Crippen LogP) is 1.95. The van der Waals surface area contributed by atoms with Crippen LogP contribution in [0.25, 0.3) is 11.5 Å². The number of carbonyl (C=O) groups is 1. The SMILES string of the molecule is C=CCN(CC(=O)O)Cc1nnc(-c2ccc(F)cc2)o1. The third-order valence-electron chi connectivity index (χ3n) is 2.66. The first-order chi connectivity index (χ1) is 10.1. The lowest BCUT2D eigenvalue weighted by molar-refractivity contribution is -0.138. The zero-order valence-electron chi connectivity index (χ0n) is 11.2. The van der Waals surface area contributed by atoms with Crippen LogP contribution in [0.15, 0.2) is 41.3 Å². The largest absolute Gasteiger partial charge is 0.480 e. The van der Waals surface area contributed by atoms with E-state index in [-0.39, 0.29) is 30.7 Å². The number of nitrogens with zero attached hydrogens (tertiary/aromatic N) is 3. The van der Waals surface area contributed by atoms with Gasteiger partial charge in [0.05, 0.1) is 13.1 Å². The molecular formula is C14H14FN3O3. The minimum atomic E-state index is -0.949. The summed E-state index contributed by atoms with van der Waals surface area (Å²) in [5.74, 6) is -0.747. The van der Waals surface area contributed by atoms with E-state index in [2.05, 4.69) is 16.8 Å². The van der Waals surface area contributed by atoms with Gasteiger partial charge >= 0.3 is 5.97 Å². The molecule has 0 aliphatic heterocycles. The minimum absolute atomic E-state index is 0.152. The number of aliphatic carboxylic acids is 1. The number of carboxylic acid groups (broad SMARTS) is 1. The molecule has 6 nitrogen and oxygen atoms in total. The van der Waals surface area contributed by atoms with Crippen LogP contribution in [0.2, 0.25) is 0 Å². The third-order valence-corrected chi connectivity index (χ3v) is 2.66. The molecule has 0 fully saturated rings. The molecule has 21 heavy (non-hydrogen) atoms. The van der Waals surface area contributed by atoms with Crippen LogP contribution < -0.4 is 0 Å². The van der Waals surface area contributed by atoms with Crippen LogP contribution in [0.5, 0.6) is 0 Å². The molecule has 0 bridgehead atoms. The molecule has 0 aliphatic carbocycles. The Bertz CT molecular complexity index is 625. The summed E-state index contributed by atoms with van der Waals surface area (Å²) in [6.07, 6.45) is 1.60. The van der Waals surface area contributed by atoms with Crippen molar-refractivity contribution in [3.8, 4) is 11.5 Å². The number of halogens is 1. The molecule has 0 saturated carbocycles. The Morgan fingerprint density at radius 2 is 2.10 bits per heavy atom. The summed E-state index contributed by atoms with van der Waals surface area (Å²) in [5.41, 5.74) is 0.601. The summed E-state index contributed by atoms with van der Waals surface area (Å²) in [6, 6.07) is 5.66. The maximum Gasteiger partial charge on any atom is 0.317 e. The molecular weight excluding hydrogens is 277 g/mol. The molecule has 2 rings (SSSR count). The first-order valence-electron chi connectivity index (χ1n) is 6.22. The molecule has 0 amide bonds. The van der Waals surface area contributed by atoms with Crippen LogP contribution in [-0.4, -0.2) is 39.3 Å². The number of hydrogen-bond donors (Lipinski definition) is 1. The highest BCUT2D eigenvalue weighted by Crippen LogP contribution is 2.18. The maximum absolute atomic E-state index is 12.8. The Morgan fingerprint density at radius 3 is 2.71 bits per heavy atom. The zero-order chi connectivity index (χ0) is 15.2. The number of carboxylic acids is 1. The van der Waals surface area contributed by atoms with E-state index in [1.807, 2.05) is 0 Å². The van der Waals surface area contributed by atoms with E-state index in [4.69, 9.17) is 9.52 Å². The van der Waals surface area contributed by atoms with Gasteiger partial charge in [-0.25, -0.2) is 4.39 Å². The summed E-state index contributed by atoms with van der Waals surface area (Å²) in [4.78, 5) is 12.3. The van der Waals surface area contributed by atoms with Gasteiger partial charge in [-0.3, -0.25) is 9.69 Å². The average Bonchev–Trinajstić information content (AvgIpc) is 2.87. The molecule has 1 N–H and O–H groups in total. The summed E-state index contributed by atoms with van der Waals surface area (Å²) in [7, 11) is 0. The molecule has 110 valence electrons. The van der Waals surface area contributed by atoms with E-state index in [1.54, 1.807) is 11.0 Å².